The van der Waals surface area contributed by atoms with Crippen LogP contribution in [0.25, 0.3) is 0 Å². The Kier molecular flexibility index (Phi) is 4.83. The highest BCUT2D eigenvalue weighted by Gasteiger charge is 2.15. The van der Waals surface area contributed by atoms with E-state index in [1.165, 1.54) is 0 Å². The van der Waals surface area contributed by atoms with Crippen molar-refractivity contribution in [2.75, 3.05) is 6.54 Å². The molecule has 0 aliphatic carbocycles. The number of phenols is 1. The van der Waals surface area contributed by atoms with Crippen LogP contribution in [0.3, 0.4) is 0 Å². The van der Waals surface area contributed by atoms with Crippen LogP contribution in [-0.2, 0) is 11.2 Å². The van der Waals surface area contributed by atoms with Gasteiger partial charge in [-0.15, -0.1) is 0 Å². The standard InChI is InChI=1S/C13H19NO2/c1-3-11(13(16)14-4-2)9-10-5-7-12(15)8-6-10/h5-8,11,15H,3-4,9H2,1-2H3,(H,14,16)/t11-/m1/s1. The number of carbonyl (C=O) groups is 1. The second-order valence-electron chi connectivity index (χ2n) is 3.87. The number of aromatic hydroxyl groups is 1. The van der Waals surface area contributed by atoms with Crippen molar-refractivity contribution in [3.05, 3.63) is 29.8 Å². The normalized spacial score (nSPS) is 12.1. The fourth-order valence-corrected chi connectivity index (χ4v) is 1.66. The lowest BCUT2D eigenvalue weighted by Gasteiger charge is -2.14. The molecular weight excluding hydrogens is 202 g/mol. The first kappa shape index (κ1) is 12.6. The molecule has 1 rings (SSSR count). The highest BCUT2D eigenvalue weighted by atomic mass is 16.3. The third-order valence-electron chi connectivity index (χ3n) is 2.63. The van der Waals surface area contributed by atoms with E-state index in [9.17, 15) is 4.79 Å². The Morgan fingerprint density at radius 2 is 1.94 bits per heavy atom. The molecule has 0 spiro atoms. The second kappa shape index (κ2) is 6.16. The van der Waals surface area contributed by atoms with E-state index in [-0.39, 0.29) is 17.6 Å². The van der Waals surface area contributed by atoms with Crippen LogP contribution in [0.5, 0.6) is 5.75 Å². The smallest absolute Gasteiger partial charge is 0.223 e. The molecule has 0 aromatic heterocycles. The highest BCUT2D eigenvalue weighted by Crippen LogP contribution is 2.15. The Hall–Kier alpha value is -1.51. The minimum absolute atomic E-state index is 0.0180. The molecule has 0 fully saturated rings. The van der Waals surface area contributed by atoms with Crippen LogP contribution in [0.4, 0.5) is 0 Å². The third-order valence-corrected chi connectivity index (χ3v) is 2.63. The van der Waals surface area contributed by atoms with Gasteiger partial charge in [0, 0.05) is 12.5 Å². The summed E-state index contributed by atoms with van der Waals surface area (Å²) < 4.78 is 0. The topological polar surface area (TPSA) is 49.3 Å². The van der Waals surface area contributed by atoms with Gasteiger partial charge in [-0.1, -0.05) is 19.1 Å². The van der Waals surface area contributed by atoms with Crippen LogP contribution in [0.15, 0.2) is 24.3 Å². The molecule has 0 aliphatic heterocycles. The van der Waals surface area contributed by atoms with E-state index in [0.717, 1.165) is 18.4 Å². The van der Waals surface area contributed by atoms with Crippen LogP contribution in [0.2, 0.25) is 0 Å². The van der Waals surface area contributed by atoms with Gasteiger partial charge in [0.05, 0.1) is 0 Å². The molecule has 0 unspecified atom stereocenters. The number of amides is 1. The minimum atomic E-state index is 0.0180. The van der Waals surface area contributed by atoms with E-state index in [0.29, 0.717) is 6.54 Å². The van der Waals surface area contributed by atoms with E-state index in [4.69, 9.17) is 5.11 Å². The van der Waals surface area contributed by atoms with E-state index < -0.39 is 0 Å². The summed E-state index contributed by atoms with van der Waals surface area (Å²) in [4.78, 5) is 11.7. The molecule has 16 heavy (non-hydrogen) atoms. The molecule has 1 atom stereocenters. The summed E-state index contributed by atoms with van der Waals surface area (Å²) in [6.07, 6.45) is 1.55. The summed E-state index contributed by atoms with van der Waals surface area (Å²) in [5, 5.41) is 12.0. The Labute approximate surface area is 96.5 Å². The Morgan fingerprint density at radius 3 is 2.44 bits per heavy atom. The van der Waals surface area contributed by atoms with Crippen molar-refractivity contribution in [2.24, 2.45) is 5.92 Å². The summed E-state index contributed by atoms with van der Waals surface area (Å²) in [5.74, 6) is 0.386. The Bertz CT molecular complexity index is 332. The van der Waals surface area contributed by atoms with Crippen LogP contribution >= 0.6 is 0 Å². The quantitative estimate of drug-likeness (QED) is 0.800. The summed E-state index contributed by atoms with van der Waals surface area (Å²) in [6.45, 7) is 4.61. The van der Waals surface area contributed by atoms with Gasteiger partial charge < -0.3 is 10.4 Å². The molecule has 2 N–H and O–H groups in total. The molecule has 0 saturated carbocycles. The average molecular weight is 221 g/mol. The number of phenolic OH excluding ortho intramolecular Hbond substituents is 1. The van der Waals surface area contributed by atoms with Gasteiger partial charge in [-0.3, -0.25) is 4.79 Å². The number of benzene rings is 1. The van der Waals surface area contributed by atoms with Crippen LogP contribution in [0.1, 0.15) is 25.8 Å². The fourth-order valence-electron chi connectivity index (χ4n) is 1.66. The van der Waals surface area contributed by atoms with Gasteiger partial charge in [0.15, 0.2) is 0 Å². The first-order chi connectivity index (χ1) is 7.67. The predicted molar refractivity (Wildman–Crippen MR) is 64.3 cm³/mol. The summed E-state index contributed by atoms with van der Waals surface area (Å²) in [7, 11) is 0. The van der Waals surface area contributed by atoms with Crippen molar-refractivity contribution >= 4 is 5.91 Å². The van der Waals surface area contributed by atoms with Gasteiger partial charge in [0.1, 0.15) is 5.75 Å². The number of carbonyl (C=O) groups excluding carboxylic acids is 1. The Morgan fingerprint density at radius 1 is 1.31 bits per heavy atom. The van der Waals surface area contributed by atoms with Crippen LogP contribution in [-0.4, -0.2) is 17.6 Å². The van der Waals surface area contributed by atoms with Gasteiger partial charge in [-0.25, -0.2) is 0 Å². The van der Waals surface area contributed by atoms with Gasteiger partial charge in [-0.05, 0) is 37.5 Å². The van der Waals surface area contributed by atoms with Crippen LogP contribution in [0, 0.1) is 5.92 Å². The molecule has 1 amide bonds. The lowest BCUT2D eigenvalue weighted by atomic mass is 9.96. The molecular formula is C13H19NO2. The zero-order valence-corrected chi connectivity index (χ0v) is 9.86. The van der Waals surface area contributed by atoms with E-state index in [2.05, 4.69) is 5.32 Å². The van der Waals surface area contributed by atoms with Crippen molar-refractivity contribution in [3.8, 4) is 5.75 Å². The number of hydrogen-bond donors (Lipinski definition) is 2. The summed E-state index contributed by atoms with van der Waals surface area (Å²) >= 11 is 0. The number of nitrogens with one attached hydrogen (secondary N) is 1. The van der Waals surface area contributed by atoms with Crippen molar-refractivity contribution in [1.82, 2.24) is 5.32 Å². The van der Waals surface area contributed by atoms with Gasteiger partial charge >= 0.3 is 0 Å². The second-order valence-corrected chi connectivity index (χ2v) is 3.87. The van der Waals surface area contributed by atoms with Crippen molar-refractivity contribution in [1.29, 1.82) is 0 Å². The molecule has 3 nitrogen and oxygen atoms in total. The summed E-state index contributed by atoms with van der Waals surface area (Å²) in [5.41, 5.74) is 1.08. The molecule has 1 aromatic carbocycles. The van der Waals surface area contributed by atoms with E-state index >= 15 is 0 Å². The monoisotopic (exact) mass is 221 g/mol. The average Bonchev–Trinajstić information content (AvgIpc) is 2.28. The van der Waals surface area contributed by atoms with E-state index in [1.54, 1.807) is 12.1 Å². The lowest BCUT2D eigenvalue weighted by molar-refractivity contribution is -0.124. The zero-order chi connectivity index (χ0) is 12.0. The number of hydrogen-bond acceptors (Lipinski definition) is 2. The lowest BCUT2D eigenvalue weighted by Crippen LogP contribution is -2.31. The largest absolute Gasteiger partial charge is 0.508 e. The van der Waals surface area contributed by atoms with Crippen molar-refractivity contribution < 1.29 is 9.90 Å². The molecule has 0 bridgehead atoms. The third kappa shape index (κ3) is 3.57. The maximum atomic E-state index is 11.7. The van der Waals surface area contributed by atoms with Gasteiger partial charge in [0.25, 0.3) is 0 Å². The first-order valence-electron chi connectivity index (χ1n) is 5.73. The molecule has 0 saturated heterocycles. The molecule has 0 radical (unpaired) electrons. The molecule has 0 aliphatic rings. The minimum Gasteiger partial charge on any atom is -0.508 e. The number of rotatable bonds is 5. The fraction of sp³-hybridized carbons (Fsp3) is 0.462. The maximum Gasteiger partial charge on any atom is 0.223 e. The Balaban J connectivity index is 2.62. The van der Waals surface area contributed by atoms with Crippen LogP contribution < -0.4 is 5.32 Å². The molecule has 3 heteroatoms. The van der Waals surface area contributed by atoms with Crippen molar-refractivity contribution in [2.45, 2.75) is 26.7 Å². The molecule has 0 heterocycles. The zero-order valence-electron chi connectivity index (χ0n) is 9.86. The first-order valence-corrected chi connectivity index (χ1v) is 5.73. The highest BCUT2D eigenvalue weighted by molar-refractivity contribution is 5.78. The SMILES string of the molecule is CCNC(=O)[C@H](CC)Cc1ccc(O)cc1. The van der Waals surface area contributed by atoms with Crippen molar-refractivity contribution in [3.63, 3.8) is 0 Å². The molecule has 88 valence electrons. The van der Waals surface area contributed by atoms with Gasteiger partial charge in [0.2, 0.25) is 5.91 Å². The summed E-state index contributed by atoms with van der Waals surface area (Å²) in [6, 6.07) is 7.02. The maximum absolute atomic E-state index is 11.7. The predicted octanol–water partition coefficient (Wildman–Crippen LogP) is 2.10. The van der Waals surface area contributed by atoms with E-state index in [1.807, 2.05) is 26.0 Å². The molecule has 1 aromatic rings. The van der Waals surface area contributed by atoms with Gasteiger partial charge in [-0.2, -0.15) is 0 Å².